The molecule has 0 aromatic carbocycles. The Morgan fingerprint density at radius 1 is 1.19 bits per heavy atom. The maximum Gasteiger partial charge on any atom is 0.217 e. The lowest BCUT2D eigenvalue weighted by Gasteiger charge is -2.54. The van der Waals surface area contributed by atoms with Crippen molar-refractivity contribution in [3.63, 3.8) is 0 Å². The monoisotopic (exact) mass is 354 g/mol. The van der Waals surface area contributed by atoms with E-state index in [1.165, 1.54) is 0 Å². The Balaban J connectivity index is 2.20. The lowest BCUT2D eigenvalue weighted by Crippen LogP contribution is -2.64. The second-order valence-electron chi connectivity index (χ2n) is 8.98. The molecule has 26 heavy (non-hydrogen) atoms. The zero-order chi connectivity index (χ0) is 19.4. The van der Waals surface area contributed by atoms with Crippen LogP contribution in [-0.2, 0) is 9.47 Å². The van der Waals surface area contributed by atoms with E-state index in [0.29, 0.717) is 25.2 Å². The minimum Gasteiger partial charge on any atom is -0.447 e. The molecule has 1 N–H and O–H groups in total. The second-order valence-corrected chi connectivity index (χ2v) is 8.98. The maximum absolute atomic E-state index is 10.2. The highest BCUT2D eigenvalue weighted by molar-refractivity contribution is 5.89. The van der Waals surface area contributed by atoms with Crippen LogP contribution < -0.4 is 0 Å². The quantitative estimate of drug-likeness (QED) is 0.808. The van der Waals surface area contributed by atoms with Gasteiger partial charge in [-0.3, -0.25) is 5.41 Å². The number of ether oxygens (including phenoxy) is 2. The molecule has 6 heteroatoms. The van der Waals surface area contributed by atoms with Crippen LogP contribution in [0.5, 0.6) is 0 Å². The molecule has 2 saturated heterocycles. The van der Waals surface area contributed by atoms with Crippen molar-refractivity contribution in [3.8, 4) is 18.2 Å². The summed E-state index contributed by atoms with van der Waals surface area (Å²) in [5.41, 5.74) is -3.26. The highest BCUT2D eigenvalue weighted by atomic mass is 16.7. The van der Waals surface area contributed by atoms with E-state index in [4.69, 9.17) is 14.9 Å². The number of nitrogens with zero attached hydrogens (tertiary/aromatic N) is 3. The van der Waals surface area contributed by atoms with Gasteiger partial charge in [-0.15, -0.1) is 0 Å². The van der Waals surface area contributed by atoms with E-state index < -0.39 is 28.6 Å². The zero-order valence-corrected chi connectivity index (χ0v) is 15.9. The normalized spacial score (nSPS) is 40.5. The van der Waals surface area contributed by atoms with E-state index in [1.807, 2.05) is 6.92 Å². The fourth-order valence-corrected chi connectivity index (χ4v) is 5.26. The van der Waals surface area contributed by atoms with Crippen LogP contribution in [0.3, 0.4) is 0 Å². The highest BCUT2D eigenvalue weighted by Gasteiger charge is 2.80. The Labute approximate surface area is 155 Å². The van der Waals surface area contributed by atoms with E-state index in [9.17, 15) is 15.8 Å². The van der Waals surface area contributed by atoms with Crippen LogP contribution in [-0.4, -0.2) is 17.8 Å². The SMILES string of the molecule is CCCC1OC23CCC(C(C)(C)C)CC2C(C#N)(C(=N)O3)C1(C#N)C#N. The zero-order valence-electron chi connectivity index (χ0n) is 15.9. The van der Waals surface area contributed by atoms with E-state index in [-0.39, 0.29) is 11.3 Å². The van der Waals surface area contributed by atoms with Crippen LogP contribution in [0.1, 0.15) is 59.8 Å². The summed E-state index contributed by atoms with van der Waals surface area (Å²) in [7, 11) is 0. The fraction of sp³-hybridized carbons (Fsp3) is 0.800. The molecule has 0 aromatic rings. The van der Waals surface area contributed by atoms with Crippen LogP contribution in [0.2, 0.25) is 0 Å². The first-order chi connectivity index (χ1) is 12.2. The number of nitriles is 3. The number of hydrogen-bond donors (Lipinski definition) is 1. The van der Waals surface area contributed by atoms with Crippen molar-refractivity contribution >= 4 is 5.90 Å². The molecule has 0 radical (unpaired) electrons. The second kappa shape index (κ2) is 5.70. The van der Waals surface area contributed by atoms with Gasteiger partial charge in [-0.2, -0.15) is 15.8 Å². The summed E-state index contributed by atoms with van der Waals surface area (Å²) < 4.78 is 12.2. The first kappa shape index (κ1) is 18.7. The average Bonchev–Trinajstić information content (AvgIpc) is 2.79. The predicted octanol–water partition coefficient (Wildman–Crippen LogP) is 3.90. The molecule has 2 heterocycles. The van der Waals surface area contributed by atoms with Gasteiger partial charge in [0.25, 0.3) is 0 Å². The standard InChI is InChI=1S/C20H26N4O2/c1-5-6-15-18(10-21,11-22)19(12-23)14-9-13(17(2,3)4)7-8-20(14,25-15)26-16(19)24/h13-15,24H,5-9H2,1-4H3. The molecule has 0 amide bonds. The summed E-state index contributed by atoms with van der Waals surface area (Å²) >= 11 is 0. The van der Waals surface area contributed by atoms with E-state index in [2.05, 4.69) is 39.0 Å². The third-order valence-electron chi connectivity index (χ3n) is 6.80. The molecule has 3 aliphatic rings. The van der Waals surface area contributed by atoms with E-state index in [1.54, 1.807) is 0 Å². The first-order valence-corrected chi connectivity index (χ1v) is 9.37. The lowest BCUT2D eigenvalue weighted by atomic mass is 9.49. The average molecular weight is 354 g/mol. The van der Waals surface area contributed by atoms with Crippen LogP contribution in [0.15, 0.2) is 0 Å². The van der Waals surface area contributed by atoms with Crippen LogP contribution in [0.25, 0.3) is 0 Å². The molecular formula is C20H26N4O2. The molecule has 5 unspecified atom stereocenters. The van der Waals surface area contributed by atoms with Crippen LogP contribution in [0, 0.1) is 67.5 Å². The molecule has 1 aliphatic carbocycles. The van der Waals surface area contributed by atoms with Crippen molar-refractivity contribution in [3.05, 3.63) is 0 Å². The van der Waals surface area contributed by atoms with Crippen molar-refractivity contribution in [1.29, 1.82) is 21.2 Å². The van der Waals surface area contributed by atoms with Crippen molar-refractivity contribution in [2.24, 2.45) is 28.1 Å². The van der Waals surface area contributed by atoms with Gasteiger partial charge in [0, 0.05) is 6.42 Å². The lowest BCUT2D eigenvalue weighted by molar-refractivity contribution is -0.299. The topological polar surface area (TPSA) is 114 Å². The molecule has 2 aliphatic heterocycles. The van der Waals surface area contributed by atoms with Crippen molar-refractivity contribution in [2.45, 2.75) is 71.7 Å². The maximum atomic E-state index is 10.2. The Morgan fingerprint density at radius 2 is 1.85 bits per heavy atom. The number of hydrogen-bond acceptors (Lipinski definition) is 6. The van der Waals surface area contributed by atoms with Gasteiger partial charge >= 0.3 is 0 Å². The molecule has 3 rings (SSSR count). The minimum absolute atomic E-state index is 0.0299. The predicted molar refractivity (Wildman–Crippen MR) is 93.3 cm³/mol. The smallest absolute Gasteiger partial charge is 0.217 e. The van der Waals surface area contributed by atoms with Gasteiger partial charge in [0.05, 0.1) is 30.2 Å². The molecular weight excluding hydrogens is 328 g/mol. The summed E-state index contributed by atoms with van der Waals surface area (Å²) in [6.45, 7) is 8.44. The first-order valence-electron chi connectivity index (χ1n) is 9.37. The number of nitrogens with one attached hydrogen (secondary N) is 1. The summed E-state index contributed by atoms with van der Waals surface area (Å²) in [5.74, 6) is -1.48. The summed E-state index contributed by atoms with van der Waals surface area (Å²) in [6, 6.07) is 6.44. The molecule has 6 nitrogen and oxygen atoms in total. The highest BCUT2D eigenvalue weighted by Crippen LogP contribution is 2.68. The van der Waals surface area contributed by atoms with Gasteiger partial charge in [0.1, 0.15) is 0 Å². The van der Waals surface area contributed by atoms with Gasteiger partial charge in [0.15, 0.2) is 10.8 Å². The van der Waals surface area contributed by atoms with Gasteiger partial charge < -0.3 is 9.47 Å². The molecule has 1 saturated carbocycles. The Bertz CT molecular complexity index is 736. The van der Waals surface area contributed by atoms with Crippen LogP contribution >= 0.6 is 0 Å². The van der Waals surface area contributed by atoms with Crippen LogP contribution in [0.4, 0.5) is 0 Å². The van der Waals surface area contributed by atoms with Gasteiger partial charge in [-0.1, -0.05) is 34.1 Å². The molecule has 5 atom stereocenters. The molecule has 3 fully saturated rings. The Kier molecular flexibility index (Phi) is 4.10. The molecule has 0 spiro atoms. The van der Waals surface area contributed by atoms with Gasteiger partial charge in [0.2, 0.25) is 11.7 Å². The van der Waals surface area contributed by atoms with Gasteiger partial charge in [-0.25, -0.2) is 0 Å². The Morgan fingerprint density at radius 3 is 2.35 bits per heavy atom. The van der Waals surface area contributed by atoms with Crippen molar-refractivity contribution < 1.29 is 9.47 Å². The van der Waals surface area contributed by atoms with Crippen molar-refractivity contribution in [2.75, 3.05) is 0 Å². The van der Waals surface area contributed by atoms with E-state index >= 15 is 0 Å². The number of rotatable bonds is 2. The van der Waals surface area contributed by atoms with Crippen molar-refractivity contribution in [1.82, 2.24) is 0 Å². The molecule has 138 valence electrons. The molecule has 0 aromatic heterocycles. The summed E-state index contributed by atoms with van der Waals surface area (Å²) in [6.07, 6.45) is 2.54. The summed E-state index contributed by atoms with van der Waals surface area (Å²) in [4.78, 5) is 0. The van der Waals surface area contributed by atoms with E-state index in [0.717, 1.165) is 12.8 Å². The molecule has 2 bridgehead atoms. The third-order valence-corrected chi connectivity index (χ3v) is 6.80. The third kappa shape index (κ3) is 2.02. The fourth-order valence-electron chi connectivity index (χ4n) is 5.26. The van der Waals surface area contributed by atoms with Gasteiger partial charge in [-0.05, 0) is 30.6 Å². The summed E-state index contributed by atoms with van der Waals surface area (Å²) in [5, 5.41) is 38.8. The Hall–Kier alpha value is -2.10. The largest absolute Gasteiger partial charge is 0.447 e. The minimum atomic E-state index is -1.72.